The lowest BCUT2D eigenvalue weighted by atomic mass is 9.47. The fourth-order valence-electron chi connectivity index (χ4n) is 6.49. The third-order valence-electron chi connectivity index (χ3n) is 7.97. The van der Waals surface area contributed by atoms with Crippen molar-refractivity contribution in [2.24, 2.45) is 28.6 Å². The largest absolute Gasteiger partial charge is 0.350 e. The molecule has 3 fully saturated rings. The van der Waals surface area contributed by atoms with Crippen LogP contribution in [0.15, 0.2) is 23.8 Å². The molecule has 0 aromatic rings. The summed E-state index contributed by atoms with van der Waals surface area (Å²) in [6.07, 6.45) is 10.5. The normalized spacial score (nSPS) is 44.0. The Balaban J connectivity index is 1.74. The van der Waals surface area contributed by atoms with Gasteiger partial charge in [0.15, 0.2) is 5.78 Å². The van der Waals surface area contributed by atoms with Crippen LogP contribution in [0, 0.1) is 28.6 Å². The summed E-state index contributed by atoms with van der Waals surface area (Å²) in [7, 11) is 0. The summed E-state index contributed by atoms with van der Waals surface area (Å²) in [5.74, 6) is 1.73. The number of carbonyl (C=O) groups excluding carboxylic acids is 3. The van der Waals surface area contributed by atoms with E-state index in [1.807, 2.05) is 6.92 Å². The molecule has 0 bridgehead atoms. The molecule has 0 saturated heterocycles. The second kappa shape index (κ2) is 5.90. The topological polar surface area (TPSA) is 63.2 Å². The summed E-state index contributed by atoms with van der Waals surface area (Å²) in [5, 5.41) is 3.17. The number of hydrogen-bond acceptors (Lipinski definition) is 3. The van der Waals surface area contributed by atoms with Gasteiger partial charge in [-0.2, -0.15) is 0 Å². The van der Waals surface area contributed by atoms with E-state index >= 15 is 0 Å². The first-order chi connectivity index (χ1) is 12.3. The minimum Gasteiger partial charge on any atom is -0.350 e. The number of carbonyl (C=O) groups is 3. The molecule has 4 heteroatoms. The minimum absolute atomic E-state index is 0.0170. The lowest BCUT2D eigenvalue weighted by Crippen LogP contribution is -2.56. The number of fused-ring (bicyclic) bond motifs is 5. The van der Waals surface area contributed by atoms with Gasteiger partial charge in [-0.1, -0.05) is 26.8 Å². The zero-order valence-electron chi connectivity index (χ0n) is 16.0. The maximum Gasteiger partial charge on any atom is 0.220 e. The lowest BCUT2D eigenvalue weighted by Gasteiger charge is -2.57. The predicted molar refractivity (Wildman–Crippen MR) is 99.2 cm³/mol. The number of allylic oxidation sites excluding steroid dienone is 3. The van der Waals surface area contributed by atoms with E-state index in [2.05, 4.69) is 25.2 Å². The maximum atomic E-state index is 12.6. The van der Waals surface area contributed by atoms with E-state index in [1.165, 1.54) is 0 Å². The summed E-state index contributed by atoms with van der Waals surface area (Å²) < 4.78 is 0. The van der Waals surface area contributed by atoms with Gasteiger partial charge in [-0.25, -0.2) is 0 Å². The average molecular weight is 355 g/mol. The highest BCUT2D eigenvalue weighted by Crippen LogP contribution is 2.63. The SMILES string of the molecule is CCC(=O)NC1C[C@@H]2[C@H](CC[C@]3(C)C(=O)CC[C@@H]23)[C@@]2(C)C=CC(=O)C=C12. The van der Waals surface area contributed by atoms with Crippen molar-refractivity contribution >= 4 is 17.5 Å². The molecule has 0 radical (unpaired) electrons. The molecule has 3 saturated carbocycles. The molecule has 1 amide bonds. The summed E-state index contributed by atoms with van der Waals surface area (Å²) in [6.45, 7) is 6.24. The molecule has 0 heterocycles. The fraction of sp³-hybridized carbons (Fsp3) is 0.682. The highest BCUT2D eigenvalue weighted by molar-refractivity contribution is 6.01. The Bertz CT molecular complexity index is 736. The first-order valence-corrected chi connectivity index (χ1v) is 10.1. The standard InChI is InChI=1S/C22H29NO3/c1-4-20(26)23-18-12-14-15-5-6-19(25)22(15,3)10-8-16(14)21(2)9-7-13(24)11-17(18)21/h7,9,11,14-16,18H,4-6,8,10,12H2,1-3H3,(H,23,26)/t14-,15-,16-,18?,21+,22-/m0/s1. The van der Waals surface area contributed by atoms with Crippen LogP contribution in [0.2, 0.25) is 0 Å². The Hall–Kier alpha value is -1.71. The molecule has 4 rings (SSSR count). The zero-order valence-corrected chi connectivity index (χ0v) is 16.0. The number of rotatable bonds is 2. The van der Waals surface area contributed by atoms with Crippen LogP contribution in [0.5, 0.6) is 0 Å². The van der Waals surface area contributed by atoms with Crippen molar-refractivity contribution in [1.29, 1.82) is 0 Å². The average Bonchev–Trinajstić information content (AvgIpc) is 2.91. The van der Waals surface area contributed by atoms with Gasteiger partial charge in [0.25, 0.3) is 0 Å². The van der Waals surface area contributed by atoms with Gasteiger partial charge in [-0.05, 0) is 61.2 Å². The molecular weight excluding hydrogens is 326 g/mol. The van der Waals surface area contributed by atoms with Crippen molar-refractivity contribution in [3.63, 3.8) is 0 Å². The number of amides is 1. The first-order valence-electron chi connectivity index (χ1n) is 10.1. The van der Waals surface area contributed by atoms with Crippen molar-refractivity contribution in [3.8, 4) is 0 Å². The van der Waals surface area contributed by atoms with Gasteiger partial charge in [-0.15, -0.1) is 0 Å². The predicted octanol–water partition coefficient (Wildman–Crippen LogP) is 3.37. The maximum absolute atomic E-state index is 12.6. The lowest BCUT2D eigenvalue weighted by molar-refractivity contribution is -0.132. The van der Waals surface area contributed by atoms with E-state index in [0.29, 0.717) is 36.4 Å². The third kappa shape index (κ3) is 2.37. The molecule has 26 heavy (non-hydrogen) atoms. The molecule has 6 atom stereocenters. The minimum atomic E-state index is -0.199. The quantitative estimate of drug-likeness (QED) is 0.826. The molecule has 0 aromatic heterocycles. The van der Waals surface area contributed by atoms with Gasteiger partial charge in [0.05, 0.1) is 6.04 Å². The van der Waals surface area contributed by atoms with Crippen LogP contribution in [0.25, 0.3) is 0 Å². The van der Waals surface area contributed by atoms with Gasteiger partial charge < -0.3 is 5.32 Å². The van der Waals surface area contributed by atoms with Crippen LogP contribution >= 0.6 is 0 Å². The van der Waals surface area contributed by atoms with Crippen molar-refractivity contribution in [2.75, 3.05) is 0 Å². The van der Waals surface area contributed by atoms with Gasteiger partial charge in [-0.3, -0.25) is 14.4 Å². The summed E-state index contributed by atoms with van der Waals surface area (Å²) >= 11 is 0. The van der Waals surface area contributed by atoms with E-state index in [9.17, 15) is 14.4 Å². The van der Waals surface area contributed by atoms with Gasteiger partial charge in [0.2, 0.25) is 5.91 Å². The first kappa shape index (κ1) is 17.7. The van der Waals surface area contributed by atoms with Gasteiger partial charge in [0.1, 0.15) is 5.78 Å². The van der Waals surface area contributed by atoms with E-state index in [4.69, 9.17) is 0 Å². The molecule has 0 aliphatic heterocycles. The van der Waals surface area contributed by atoms with Crippen molar-refractivity contribution in [1.82, 2.24) is 5.32 Å². The molecular formula is C22H29NO3. The molecule has 140 valence electrons. The number of ketones is 2. The van der Waals surface area contributed by atoms with Crippen LogP contribution in [0.3, 0.4) is 0 Å². The summed E-state index contributed by atoms with van der Waals surface area (Å²) in [6, 6.07) is -0.0966. The van der Waals surface area contributed by atoms with Crippen molar-refractivity contribution in [2.45, 2.75) is 65.3 Å². The molecule has 4 aliphatic carbocycles. The molecule has 0 aromatic carbocycles. The highest BCUT2D eigenvalue weighted by Gasteiger charge is 2.60. The Labute approximate surface area is 155 Å². The van der Waals surface area contributed by atoms with E-state index < -0.39 is 0 Å². The Morgan fingerprint density at radius 2 is 2.00 bits per heavy atom. The molecule has 1 N–H and O–H groups in total. The van der Waals surface area contributed by atoms with E-state index in [0.717, 1.165) is 31.3 Å². The van der Waals surface area contributed by atoms with Crippen LogP contribution in [-0.4, -0.2) is 23.5 Å². The number of nitrogens with one attached hydrogen (secondary N) is 1. The zero-order chi connectivity index (χ0) is 18.7. The van der Waals surface area contributed by atoms with Crippen LogP contribution in [0.1, 0.15) is 59.3 Å². The van der Waals surface area contributed by atoms with E-state index in [-0.39, 0.29) is 28.6 Å². The fourth-order valence-corrected chi connectivity index (χ4v) is 6.49. The smallest absolute Gasteiger partial charge is 0.220 e. The van der Waals surface area contributed by atoms with Crippen LogP contribution in [-0.2, 0) is 14.4 Å². The molecule has 1 unspecified atom stereocenters. The second-order valence-electron chi connectivity index (χ2n) is 9.12. The van der Waals surface area contributed by atoms with Crippen molar-refractivity contribution < 1.29 is 14.4 Å². The van der Waals surface area contributed by atoms with Crippen molar-refractivity contribution in [3.05, 3.63) is 23.8 Å². The third-order valence-corrected chi connectivity index (χ3v) is 7.97. The summed E-state index contributed by atoms with van der Waals surface area (Å²) in [4.78, 5) is 36.8. The van der Waals surface area contributed by atoms with Crippen LogP contribution < -0.4 is 5.32 Å². The Kier molecular flexibility index (Phi) is 4.01. The second-order valence-corrected chi connectivity index (χ2v) is 9.12. The highest BCUT2D eigenvalue weighted by atomic mass is 16.1. The Morgan fingerprint density at radius 3 is 2.73 bits per heavy atom. The van der Waals surface area contributed by atoms with Gasteiger partial charge in [0, 0.05) is 23.7 Å². The molecule has 4 nitrogen and oxygen atoms in total. The Morgan fingerprint density at radius 1 is 1.23 bits per heavy atom. The summed E-state index contributed by atoms with van der Waals surface area (Å²) in [5.41, 5.74) is 0.683. The monoisotopic (exact) mass is 355 g/mol. The van der Waals surface area contributed by atoms with Crippen LogP contribution in [0.4, 0.5) is 0 Å². The number of hydrogen-bond donors (Lipinski definition) is 1. The molecule has 4 aliphatic rings. The van der Waals surface area contributed by atoms with Gasteiger partial charge >= 0.3 is 0 Å². The number of Topliss-reactive ketones (excluding diaryl/α,β-unsaturated/α-hetero) is 1. The van der Waals surface area contributed by atoms with E-state index in [1.54, 1.807) is 12.2 Å². The molecule has 0 spiro atoms.